The minimum atomic E-state index is 0.0302. The fraction of sp³-hybridized carbons (Fsp3) is 0.667. The zero-order chi connectivity index (χ0) is 8.27. The maximum absolute atomic E-state index is 11.0. The Bertz CT molecular complexity index is 179. The van der Waals surface area contributed by atoms with Crippen LogP contribution in [0.3, 0.4) is 0 Å². The number of nitrogens with one attached hydrogen (secondary N) is 3. The molecule has 5 heteroatoms. The molecular formula is C6H11N3OS. The van der Waals surface area contributed by atoms with E-state index in [2.05, 4.69) is 16.2 Å². The van der Waals surface area contributed by atoms with Crippen molar-refractivity contribution in [2.24, 2.45) is 5.92 Å². The highest BCUT2D eigenvalue weighted by molar-refractivity contribution is 7.80. The lowest BCUT2D eigenvalue weighted by molar-refractivity contribution is -0.122. The smallest absolute Gasteiger partial charge is 0.241 e. The second-order valence-corrected chi connectivity index (χ2v) is 2.88. The fourth-order valence-corrected chi connectivity index (χ4v) is 0.679. The molecule has 11 heavy (non-hydrogen) atoms. The van der Waals surface area contributed by atoms with Gasteiger partial charge in [0.15, 0.2) is 5.11 Å². The van der Waals surface area contributed by atoms with Gasteiger partial charge < -0.3 is 5.32 Å². The third-order valence-electron chi connectivity index (χ3n) is 1.47. The van der Waals surface area contributed by atoms with E-state index in [-0.39, 0.29) is 11.8 Å². The van der Waals surface area contributed by atoms with E-state index >= 15 is 0 Å². The Morgan fingerprint density at radius 2 is 2.09 bits per heavy atom. The minimum Gasteiger partial charge on any atom is -0.364 e. The van der Waals surface area contributed by atoms with E-state index in [1.807, 2.05) is 0 Å². The van der Waals surface area contributed by atoms with Crippen LogP contribution in [-0.2, 0) is 4.79 Å². The van der Waals surface area contributed by atoms with Gasteiger partial charge in [-0.25, -0.2) is 0 Å². The molecule has 0 atom stereocenters. The van der Waals surface area contributed by atoms with Gasteiger partial charge in [0.2, 0.25) is 5.91 Å². The molecule has 62 valence electrons. The van der Waals surface area contributed by atoms with Gasteiger partial charge in [0.1, 0.15) is 0 Å². The molecule has 3 N–H and O–H groups in total. The van der Waals surface area contributed by atoms with Crippen molar-refractivity contribution >= 4 is 23.2 Å². The molecule has 0 aromatic heterocycles. The summed E-state index contributed by atoms with van der Waals surface area (Å²) in [5.74, 6) is 0.241. The van der Waals surface area contributed by atoms with Gasteiger partial charge in [-0.15, -0.1) is 0 Å². The second kappa shape index (κ2) is 3.52. The van der Waals surface area contributed by atoms with Crippen LogP contribution in [0, 0.1) is 5.92 Å². The lowest BCUT2D eigenvalue weighted by Crippen LogP contribution is -2.46. The monoisotopic (exact) mass is 173 g/mol. The summed E-state index contributed by atoms with van der Waals surface area (Å²) in [6, 6.07) is 0. The molecule has 1 amide bonds. The summed E-state index contributed by atoms with van der Waals surface area (Å²) in [4.78, 5) is 11.0. The molecule has 0 spiro atoms. The zero-order valence-corrected chi connectivity index (χ0v) is 7.12. The zero-order valence-electron chi connectivity index (χ0n) is 6.31. The van der Waals surface area contributed by atoms with Crippen LogP contribution < -0.4 is 16.2 Å². The molecule has 0 aromatic rings. The second-order valence-electron chi connectivity index (χ2n) is 2.47. The summed E-state index contributed by atoms with van der Waals surface area (Å²) in [5, 5.41) is 3.11. The Hall–Kier alpha value is -0.840. The highest BCUT2D eigenvalue weighted by Gasteiger charge is 2.29. The van der Waals surface area contributed by atoms with Gasteiger partial charge in [-0.2, -0.15) is 0 Å². The number of hydrogen-bond donors (Lipinski definition) is 3. The molecule has 0 saturated heterocycles. The summed E-state index contributed by atoms with van der Waals surface area (Å²) in [6.07, 6.45) is 2.00. The lowest BCUT2D eigenvalue weighted by Gasteiger charge is -2.07. The lowest BCUT2D eigenvalue weighted by atomic mass is 10.4. The number of hydrogen-bond acceptors (Lipinski definition) is 2. The van der Waals surface area contributed by atoms with Gasteiger partial charge in [-0.1, -0.05) is 0 Å². The number of amides is 1. The van der Waals surface area contributed by atoms with Gasteiger partial charge in [0, 0.05) is 13.0 Å². The van der Waals surface area contributed by atoms with E-state index < -0.39 is 0 Å². The first kappa shape index (κ1) is 8.26. The molecular weight excluding hydrogens is 162 g/mol. The summed E-state index contributed by atoms with van der Waals surface area (Å²) < 4.78 is 0. The van der Waals surface area contributed by atoms with E-state index in [1.54, 1.807) is 7.05 Å². The Morgan fingerprint density at radius 1 is 1.45 bits per heavy atom. The maximum atomic E-state index is 11.0. The first-order valence-corrected chi connectivity index (χ1v) is 3.92. The number of thiocarbonyl (C=S) groups is 1. The first-order chi connectivity index (χ1) is 5.24. The van der Waals surface area contributed by atoms with Gasteiger partial charge in [-0.05, 0) is 25.1 Å². The van der Waals surface area contributed by atoms with E-state index in [0.717, 1.165) is 12.8 Å². The van der Waals surface area contributed by atoms with Crippen LogP contribution >= 0.6 is 12.2 Å². The van der Waals surface area contributed by atoms with Gasteiger partial charge in [0.25, 0.3) is 0 Å². The molecule has 1 aliphatic carbocycles. The van der Waals surface area contributed by atoms with Gasteiger partial charge in [0.05, 0.1) is 0 Å². The summed E-state index contributed by atoms with van der Waals surface area (Å²) >= 11 is 4.74. The maximum Gasteiger partial charge on any atom is 0.241 e. The number of rotatable bonds is 1. The summed E-state index contributed by atoms with van der Waals surface area (Å²) in [5.41, 5.74) is 5.08. The molecule has 1 rings (SSSR count). The Kier molecular flexibility index (Phi) is 2.64. The number of carbonyl (C=O) groups excluding carboxylic acids is 1. The van der Waals surface area contributed by atoms with Crippen LogP contribution in [0.15, 0.2) is 0 Å². The predicted molar refractivity (Wildman–Crippen MR) is 45.7 cm³/mol. The highest BCUT2D eigenvalue weighted by Crippen LogP contribution is 2.28. The Morgan fingerprint density at radius 3 is 2.55 bits per heavy atom. The quantitative estimate of drug-likeness (QED) is 0.370. The molecule has 1 aliphatic rings. The normalized spacial score (nSPS) is 15.4. The van der Waals surface area contributed by atoms with Crippen molar-refractivity contribution in [3.05, 3.63) is 0 Å². The van der Waals surface area contributed by atoms with E-state index in [0.29, 0.717) is 5.11 Å². The Labute approximate surface area is 70.7 Å². The molecule has 0 bridgehead atoms. The molecule has 1 saturated carbocycles. The van der Waals surface area contributed by atoms with E-state index in [1.165, 1.54) is 0 Å². The third kappa shape index (κ3) is 2.71. The summed E-state index contributed by atoms with van der Waals surface area (Å²) in [7, 11) is 1.69. The van der Waals surface area contributed by atoms with Crippen LogP contribution in [-0.4, -0.2) is 18.1 Å². The average Bonchev–Trinajstić information content (AvgIpc) is 2.81. The van der Waals surface area contributed by atoms with Crippen molar-refractivity contribution in [2.75, 3.05) is 7.05 Å². The molecule has 0 heterocycles. The summed E-state index contributed by atoms with van der Waals surface area (Å²) in [6.45, 7) is 0. The fourth-order valence-electron chi connectivity index (χ4n) is 0.628. The minimum absolute atomic E-state index is 0.0302. The van der Waals surface area contributed by atoms with Crippen molar-refractivity contribution in [3.63, 3.8) is 0 Å². The third-order valence-corrected chi connectivity index (χ3v) is 1.78. The standard InChI is InChI=1S/C6H11N3OS/c1-7-6(11)9-8-5(10)4-2-3-4/h4H,2-3H2,1H3,(H,8,10)(H2,7,9,11). The molecule has 0 aliphatic heterocycles. The predicted octanol–water partition coefficient (Wildman–Crippen LogP) is -0.479. The van der Waals surface area contributed by atoms with E-state index in [9.17, 15) is 4.79 Å². The number of hydrazine groups is 1. The van der Waals surface area contributed by atoms with Crippen LogP contribution in [0.5, 0.6) is 0 Å². The van der Waals surface area contributed by atoms with Crippen LogP contribution in [0.2, 0.25) is 0 Å². The largest absolute Gasteiger partial charge is 0.364 e. The van der Waals surface area contributed by atoms with Crippen LogP contribution in [0.25, 0.3) is 0 Å². The average molecular weight is 173 g/mol. The van der Waals surface area contributed by atoms with Crippen molar-refractivity contribution in [3.8, 4) is 0 Å². The molecule has 0 radical (unpaired) electrons. The Balaban J connectivity index is 2.10. The topological polar surface area (TPSA) is 53.2 Å². The van der Waals surface area contributed by atoms with Crippen molar-refractivity contribution in [1.29, 1.82) is 0 Å². The van der Waals surface area contributed by atoms with Crippen molar-refractivity contribution in [2.45, 2.75) is 12.8 Å². The molecule has 0 unspecified atom stereocenters. The first-order valence-electron chi connectivity index (χ1n) is 3.51. The molecule has 1 fully saturated rings. The SMILES string of the molecule is CNC(=S)NNC(=O)C1CC1. The number of carbonyl (C=O) groups is 1. The van der Waals surface area contributed by atoms with Crippen LogP contribution in [0.1, 0.15) is 12.8 Å². The van der Waals surface area contributed by atoms with Crippen molar-refractivity contribution < 1.29 is 4.79 Å². The van der Waals surface area contributed by atoms with Crippen LogP contribution in [0.4, 0.5) is 0 Å². The van der Waals surface area contributed by atoms with E-state index in [4.69, 9.17) is 12.2 Å². The molecule has 0 aromatic carbocycles. The highest BCUT2D eigenvalue weighted by atomic mass is 32.1. The molecule has 4 nitrogen and oxygen atoms in total. The van der Waals surface area contributed by atoms with Gasteiger partial charge in [-0.3, -0.25) is 15.6 Å². The van der Waals surface area contributed by atoms with Gasteiger partial charge >= 0.3 is 0 Å². The van der Waals surface area contributed by atoms with Crippen molar-refractivity contribution in [1.82, 2.24) is 16.2 Å².